The van der Waals surface area contributed by atoms with Gasteiger partial charge in [-0.3, -0.25) is 32.5 Å². The van der Waals surface area contributed by atoms with Gasteiger partial charge in [0, 0.05) is 0 Å². The van der Waals surface area contributed by atoms with Crippen LogP contribution in [0.5, 0.6) is 0 Å². The number of hydrogen-bond acceptors (Lipinski definition) is 18. The first-order chi connectivity index (χ1) is 21.3. The Hall–Kier alpha value is -3.44. The third kappa shape index (κ3) is 5.96. The Labute approximate surface area is 250 Å². The second-order valence-electron chi connectivity index (χ2n) is 9.96. The molecule has 0 aliphatic carbocycles. The molecule has 0 aromatic carbocycles. The number of anilines is 2. The molecule has 2 aliphatic rings. The number of imidazole rings is 2. The molecule has 2 fully saturated rings. The molecule has 0 radical (unpaired) electrons. The van der Waals surface area contributed by atoms with E-state index < -0.39 is 83.9 Å². The molecule has 10 atom stereocenters. The van der Waals surface area contributed by atoms with Crippen molar-refractivity contribution in [3.05, 3.63) is 29.3 Å². The van der Waals surface area contributed by atoms with E-state index in [4.69, 9.17) is 40.6 Å². The molecule has 6 heterocycles. The zero-order valence-electron chi connectivity index (χ0n) is 22.6. The second kappa shape index (κ2) is 12.1. The van der Waals surface area contributed by atoms with Crippen LogP contribution < -0.4 is 22.8 Å². The van der Waals surface area contributed by atoms with E-state index in [9.17, 15) is 29.0 Å². The zero-order chi connectivity index (χ0) is 32.2. The van der Waals surface area contributed by atoms with Gasteiger partial charge in [-0.05, 0) is 0 Å². The van der Waals surface area contributed by atoms with Gasteiger partial charge in [-0.2, -0.15) is 4.98 Å². The largest absolute Gasteiger partial charge is 0.472 e. The Balaban J connectivity index is 1.20. The highest BCUT2D eigenvalue weighted by Gasteiger charge is 2.50. The Bertz CT molecular complexity index is 1850. The van der Waals surface area contributed by atoms with Gasteiger partial charge in [0.15, 0.2) is 35.1 Å². The van der Waals surface area contributed by atoms with Gasteiger partial charge in [-0.15, -0.1) is 0 Å². The van der Waals surface area contributed by atoms with Gasteiger partial charge in [-0.1, -0.05) is 0 Å². The van der Waals surface area contributed by atoms with E-state index in [2.05, 4.69) is 34.4 Å². The highest BCUT2D eigenvalue weighted by atomic mass is 31.2. The van der Waals surface area contributed by atoms with Crippen LogP contribution in [0.3, 0.4) is 0 Å². The van der Waals surface area contributed by atoms with Crippen LogP contribution in [0.2, 0.25) is 0 Å². The number of rotatable bonds is 10. The minimum absolute atomic E-state index is 0.0967. The first-order valence-corrected chi connectivity index (χ1v) is 15.7. The summed E-state index contributed by atoms with van der Waals surface area (Å²) < 4.78 is 53.4. The maximum Gasteiger partial charge on any atom is 0.472 e. The van der Waals surface area contributed by atoms with Gasteiger partial charge in [0.25, 0.3) is 5.56 Å². The van der Waals surface area contributed by atoms with Crippen molar-refractivity contribution in [1.29, 1.82) is 0 Å². The molecule has 4 aromatic heterocycles. The van der Waals surface area contributed by atoms with Crippen LogP contribution >= 0.6 is 16.1 Å². The number of fused-ring (bicyclic) bond motifs is 2. The summed E-state index contributed by atoms with van der Waals surface area (Å²) in [4.78, 5) is 54.3. The third-order valence-corrected chi connectivity index (χ3v) is 8.56. The molecular weight excluding hydrogens is 648 g/mol. The molecule has 0 saturated carbocycles. The number of nitrogens with one attached hydrogen (secondary N) is 1. The fraction of sp³-hybridized carbons (Fsp3) is 0.500. The molecule has 25 heteroatoms. The number of hydrogen-bond donors (Lipinski definition) is 8. The monoisotopic (exact) mass is 675 g/mol. The highest BCUT2D eigenvalue weighted by molar-refractivity contribution is 7.47. The maximum absolute atomic E-state index is 13.2. The number of nitrogens with zero attached hydrogens (tertiary/aromatic N) is 7. The summed E-state index contributed by atoms with van der Waals surface area (Å²) >= 11 is 0. The van der Waals surface area contributed by atoms with E-state index in [0.29, 0.717) is 0 Å². The van der Waals surface area contributed by atoms with Crippen LogP contribution in [0.25, 0.3) is 22.3 Å². The number of nitrogens with two attached hydrogens (primary N) is 3. The molecule has 0 bridgehead atoms. The van der Waals surface area contributed by atoms with Crippen LogP contribution in [0, 0.1) is 0 Å². The summed E-state index contributed by atoms with van der Waals surface area (Å²) in [6, 6.07) is -1.12. The van der Waals surface area contributed by atoms with Crippen LogP contribution in [0.4, 0.5) is 11.8 Å². The standard InChI is InChI=1S/C20H27N11O12P2/c21-8-6(41-18(12(8)33)30-4-26-9-14(22)24-3-25-15(9)30)2-40-45(37,38)43-13-11(32)7(1-39-44(35)36)42-19(13)31-5-27-10-16(31)28-20(23)29-17(10)34/h3-8,11-13,18-19,32-33,44H,1-2,21H2,(H,35,36)(H,37,38)(H2,22,24,25)(H3,23,28,29,34)/t6-,7-,8-,11-,12-,13-,18-,19-/m1/s1. The van der Waals surface area contributed by atoms with Gasteiger partial charge in [-0.25, -0.2) is 24.5 Å². The van der Waals surface area contributed by atoms with Crippen molar-refractivity contribution in [2.75, 3.05) is 24.7 Å². The lowest BCUT2D eigenvalue weighted by molar-refractivity contribution is -0.0583. The molecule has 2 aliphatic heterocycles. The third-order valence-electron chi connectivity index (χ3n) is 7.16. The summed E-state index contributed by atoms with van der Waals surface area (Å²) in [6.07, 6.45) is -6.31. The molecule has 0 spiro atoms. The zero-order valence-corrected chi connectivity index (χ0v) is 24.5. The molecule has 2 saturated heterocycles. The summed E-state index contributed by atoms with van der Waals surface area (Å²) in [5.41, 5.74) is 17.1. The van der Waals surface area contributed by atoms with E-state index in [-0.39, 0.29) is 34.1 Å². The lowest BCUT2D eigenvalue weighted by Crippen LogP contribution is -2.41. The predicted molar refractivity (Wildman–Crippen MR) is 148 cm³/mol. The topological polar surface area (TPSA) is 346 Å². The molecular formula is C20H27N11O12P2. The molecule has 2 unspecified atom stereocenters. The summed E-state index contributed by atoms with van der Waals surface area (Å²) in [5.74, 6) is -0.187. The lowest BCUT2D eigenvalue weighted by Gasteiger charge is -2.25. The number of H-pyrrole nitrogens is 1. The Morgan fingerprint density at radius 3 is 2.42 bits per heavy atom. The maximum atomic E-state index is 13.2. The summed E-state index contributed by atoms with van der Waals surface area (Å²) in [5, 5.41) is 21.7. The second-order valence-corrected chi connectivity index (χ2v) is 12.2. The van der Waals surface area contributed by atoms with E-state index in [0.717, 1.165) is 10.9 Å². The van der Waals surface area contributed by atoms with E-state index in [1.165, 1.54) is 17.2 Å². The van der Waals surface area contributed by atoms with Crippen molar-refractivity contribution in [3.8, 4) is 0 Å². The van der Waals surface area contributed by atoms with E-state index >= 15 is 0 Å². The predicted octanol–water partition coefficient (Wildman–Crippen LogP) is -3.13. The molecule has 6 rings (SSSR count). The normalized spacial score (nSPS) is 30.7. The van der Waals surface area contributed by atoms with Crippen molar-refractivity contribution in [3.63, 3.8) is 0 Å². The van der Waals surface area contributed by atoms with Crippen molar-refractivity contribution in [2.24, 2.45) is 5.73 Å². The van der Waals surface area contributed by atoms with Crippen molar-refractivity contribution in [2.45, 2.75) is 49.0 Å². The molecule has 244 valence electrons. The van der Waals surface area contributed by atoms with Crippen LogP contribution in [0.1, 0.15) is 12.5 Å². The Kier molecular flexibility index (Phi) is 8.45. The van der Waals surface area contributed by atoms with Crippen molar-refractivity contribution in [1.82, 2.24) is 39.0 Å². The average Bonchev–Trinajstić information content (AvgIpc) is 3.73. The first-order valence-electron chi connectivity index (χ1n) is 12.9. The molecule has 23 nitrogen and oxygen atoms in total. The van der Waals surface area contributed by atoms with Gasteiger partial charge < -0.3 is 51.2 Å². The Morgan fingerprint density at radius 1 is 1.00 bits per heavy atom. The van der Waals surface area contributed by atoms with Crippen LogP contribution in [-0.4, -0.2) is 109 Å². The number of aliphatic hydroxyl groups excluding tert-OH is 2. The number of ether oxygens (including phenoxy) is 2. The minimum atomic E-state index is -5.09. The Morgan fingerprint density at radius 2 is 1.69 bits per heavy atom. The quantitative estimate of drug-likeness (QED) is 0.0770. The fourth-order valence-electron chi connectivity index (χ4n) is 5.03. The number of aromatic amines is 1. The minimum Gasteiger partial charge on any atom is -0.387 e. The number of aromatic nitrogens is 8. The summed E-state index contributed by atoms with van der Waals surface area (Å²) in [7, 11) is -8.54. The lowest BCUT2D eigenvalue weighted by atomic mass is 10.1. The highest BCUT2D eigenvalue weighted by Crippen LogP contribution is 2.50. The number of nitrogen functional groups attached to an aromatic ring is 2. The number of phosphoric acid groups is 1. The van der Waals surface area contributed by atoms with E-state index in [1.807, 2.05) is 0 Å². The molecule has 45 heavy (non-hydrogen) atoms. The first kappa shape index (κ1) is 31.5. The van der Waals surface area contributed by atoms with Crippen LogP contribution in [0.15, 0.2) is 23.8 Å². The number of phosphoric ester groups is 1. The SMILES string of the molecule is Nc1nc2c(ncn2[C@@H]2O[C@H](CO[PH](=O)O)[C@@H](O)[C@H]2OP(=O)(O)OC[C@H]2O[C@@H](n3cnc4c(N)ncnc43)[C@H](O)[C@@H]2N)c(=O)[nH]1. The summed E-state index contributed by atoms with van der Waals surface area (Å²) in [6.45, 7) is -1.28. The van der Waals surface area contributed by atoms with Gasteiger partial charge in [0.05, 0.1) is 31.9 Å². The van der Waals surface area contributed by atoms with Gasteiger partial charge >= 0.3 is 16.1 Å². The molecule has 0 amide bonds. The van der Waals surface area contributed by atoms with Crippen molar-refractivity contribution < 1.29 is 52.2 Å². The molecule has 4 aromatic rings. The van der Waals surface area contributed by atoms with E-state index in [1.54, 1.807) is 0 Å². The van der Waals surface area contributed by atoms with Crippen LogP contribution in [-0.2, 0) is 32.2 Å². The van der Waals surface area contributed by atoms with Gasteiger partial charge in [0.2, 0.25) is 5.95 Å². The van der Waals surface area contributed by atoms with Gasteiger partial charge in [0.1, 0.15) is 42.4 Å². The fourth-order valence-corrected chi connectivity index (χ4v) is 6.26. The average molecular weight is 675 g/mol. The molecule has 11 N–H and O–H groups in total. The van der Waals surface area contributed by atoms with Crippen molar-refractivity contribution >= 4 is 50.2 Å². The smallest absolute Gasteiger partial charge is 0.387 e. The number of aliphatic hydroxyl groups is 2.